The zero-order valence-corrected chi connectivity index (χ0v) is 7.69. The highest BCUT2D eigenvalue weighted by molar-refractivity contribution is 9.10. The van der Waals surface area contributed by atoms with Crippen molar-refractivity contribution in [2.45, 2.75) is 0 Å². The van der Waals surface area contributed by atoms with Crippen molar-refractivity contribution in [1.82, 2.24) is 4.98 Å². The maximum Gasteiger partial charge on any atom is 0.229 e. The molecule has 0 aliphatic heterocycles. The molecule has 0 unspecified atom stereocenters. The van der Waals surface area contributed by atoms with Gasteiger partial charge in [-0.2, -0.15) is 0 Å². The van der Waals surface area contributed by atoms with E-state index in [0.717, 1.165) is 9.86 Å². The van der Waals surface area contributed by atoms with E-state index >= 15 is 0 Å². The molecule has 0 aromatic carbocycles. The molecule has 0 saturated heterocycles. The summed E-state index contributed by atoms with van der Waals surface area (Å²) in [6.07, 6.45) is 1.66. The first-order chi connectivity index (χ1) is 5.27. The Morgan fingerprint density at radius 2 is 2.36 bits per heavy atom. The van der Waals surface area contributed by atoms with E-state index < -0.39 is 0 Å². The molecule has 2 heterocycles. The van der Waals surface area contributed by atoms with Crippen LogP contribution in [-0.2, 0) is 0 Å². The molecule has 0 saturated carbocycles. The van der Waals surface area contributed by atoms with Crippen molar-refractivity contribution in [3.05, 3.63) is 28.0 Å². The average Bonchev–Trinajstić information content (AvgIpc) is 2.31. The van der Waals surface area contributed by atoms with Gasteiger partial charge in [0.1, 0.15) is 0 Å². The van der Waals surface area contributed by atoms with Gasteiger partial charge < -0.3 is 4.42 Å². The van der Waals surface area contributed by atoms with Gasteiger partial charge in [0.25, 0.3) is 0 Å². The van der Waals surface area contributed by atoms with Crippen molar-refractivity contribution in [3.63, 3.8) is 0 Å². The number of fused-ring (bicyclic) bond motifs is 1. The molecule has 2 aromatic rings. The Bertz CT molecular complexity index is 398. The lowest BCUT2D eigenvalue weighted by Gasteiger charge is -1.87. The van der Waals surface area contributed by atoms with E-state index in [1.54, 1.807) is 12.3 Å². The summed E-state index contributed by atoms with van der Waals surface area (Å²) in [5.41, 5.74) is 0.560. The zero-order valence-electron chi connectivity index (χ0n) is 5.34. The van der Waals surface area contributed by atoms with Crippen molar-refractivity contribution in [3.8, 4) is 0 Å². The topological polar surface area (TPSA) is 26.0 Å². The van der Waals surface area contributed by atoms with Crippen molar-refractivity contribution >= 4 is 38.6 Å². The summed E-state index contributed by atoms with van der Waals surface area (Å²) in [5.74, 6) is 0. The van der Waals surface area contributed by atoms with E-state index in [1.165, 1.54) is 0 Å². The normalized spacial score (nSPS) is 10.7. The predicted octanol–water partition coefficient (Wildman–Crippen LogP) is 3.24. The first-order valence-electron chi connectivity index (χ1n) is 2.97. The smallest absolute Gasteiger partial charge is 0.229 e. The molecule has 0 aliphatic carbocycles. The minimum atomic E-state index is 0.361. The number of halogens is 2. The van der Waals surface area contributed by atoms with E-state index in [4.69, 9.17) is 16.0 Å². The number of furan rings is 1. The van der Waals surface area contributed by atoms with Gasteiger partial charge in [-0.25, -0.2) is 4.98 Å². The molecule has 0 radical (unpaired) electrons. The SMILES string of the molecule is Clc1cc2c(Br)ccnc2o1. The molecule has 0 N–H and O–H groups in total. The molecular formula is C7H3BrClNO. The Morgan fingerprint density at radius 3 is 3.09 bits per heavy atom. The first kappa shape index (κ1) is 7.13. The third-order valence-electron chi connectivity index (χ3n) is 1.35. The van der Waals surface area contributed by atoms with Gasteiger partial charge in [0.05, 0.1) is 5.39 Å². The second-order valence-corrected chi connectivity index (χ2v) is 3.29. The van der Waals surface area contributed by atoms with Crippen LogP contribution in [0, 0.1) is 0 Å². The highest BCUT2D eigenvalue weighted by Crippen LogP contribution is 2.27. The number of nitrogens with zero attached hydrogens (tertiary/aromatic N) is 1. The Morgan fingerprint density at radius 1 is 1.55 bits per heavy atom. The number of rotatable bonds is 0. The van der Waals surface area contributed by atoms with E-state index in [0.29, 0.717) is 10.9 Å². The average molecular weight is 232 g/mol. The highest BCUT2D eigenvalue weighted by Gasteiger charge is 2.04. The third-order valence-corrected chi connectivity index (χ3v) is 2.23. The van der Waals surface area contributed by atoms with Crippen LogP contribution in [0.3, 0.4) is 0 Å². The highest BCUT2D eigenvalue weighted by atomic mass is 79.9. The standard InChI is InChI=1S/C7H3BrClNO/c8-5-1-2-10-7-4(5)3-6(9)11-7/h1-3H. The summed E-state index contributed by atoms with van der Waals surface area (Å²) >= 11 is 8.98. The lowest BCUT2D eigenvalue weighted by atomic mass is 10.3. The molecule has 56 valence electrons. The quantitative estimate of drug-likeness (QED) is 0.697. The molecular weight excluding hydrogens is 229 g/mol. The van der Waals surface area contributed by atoms with Crippen LogP contribution in [0.5, 0.6) is 0 Å². The molecule has 0 amide bonds. The molecule has 2 nitrogen and oxygen atoms in total. The fourth-order valence-electron chi connectivity index (χ4n) is 0.879. The lowest BCUT2D eigenvalue weighted by Crippen LogP contribution is -1.70. The summed E-state index contributed by atoms with van der Waals surface area (Å²) < 4.78 is 6.02. The molecule has 11 heavy (non-hydrogen) atoms. The predicted molar refractivity (Wildman–Crippen MR) is 46.7 cm³/mol. The van der Waals surface area contributed by atoms with Gasteiger partial charge in [0, 0.05) is 16.7 Å². The van der Waals surface area contributed by atoms with Crippen LogP contribution in [0.15, 0.2) is 27.2 Å². The van der Waals surface area contributed by atoms with Crippen LogP contribution in [0.4, 0.5) is 0 Å². The first-order valence-corrected chi connectivity index (χ1v) is 4.14. The Balaban J connectivity index is 2.90. The number of aromatic nitrogens is 1. The van der Waals surface area contributed by atoms with Gasteiger partial charge in [-0.15, -0.1) is 0 Å². The monoisotopic (exact) mass is 231 g/mol. The molecule has 2 rings (SSSR count). The van der Waals surface area contributed by atoms with Gasteiger partial charge in [0.2, 0.25) is 5.71 Å². The fourth-order valence-corrected chi connectivity index (χ4v) is 1.46. The van der Waals surface area contributed by atoms with Crippen molar-refractivity contribution in [2.24, 2.45) is 0 Å². The number of hydrogen-bond donors (Lipinski definition) is 0. The second kappa shape index (κ2) is 2.50. The van der Waals surface area contributed by atoms with Crippen molar-refractivity contribution in [1.29, 1.82) is 0 Å². The summed E-state index contributed by atoms with van der Waals surface area (Å²) in [5, 5.41) is 1.26. The number of hydrogen-bond acceptors (Lipinski definition) is 2. The molecule has 2 aromatic heterocycles. The number of pyridine rings is 1. The van der Waals surface area contributed by atoms with E-state index in [2.05, 4.69) is 20.9 Å². The molecule has 0 aliphatic rings. The van der Waals surface area contributed by atoms with Gasteiger partial charge >= 0.3 is 0 Å². The van der Waals surface area contributed by atoms with Gasteiger partial charge in [-0.05, 0) is 33.6 Å². The Labute approximate surface area is 76.3 Å². The van der Waals surface area contributed by atoms with Gasteiger partial charge in [0.15, 0.2) is 5.22 Å². The van der Waals surface area contributed by atoms with Crippen LogP contribution in [-0.4, -0.2) is 4.98 Å². The summed E-state index contributed by atoms with van der Waals surface area (Å²) in [7, 11) is 0. The van der Waals surface area contributed by atoms with Crippen LogP contribution < -0.4 is 0 Å². The maximum atomic E-state index is 5.63. The van der Waals surface area contributed by atoms with Crippen LogP contribution in [0.2, 0.25) is 5.22 Å². The Hall–Kier alpha value is -0.540. The van der Waals surface area contributed by atoms with E-state index in [9.17, 15) is 0 Å². The second-order valence-electron chi connectivity index (χ2n) is 2.06. The summed E-state index contributed by atoms with van der Waals surface area (Å²) in [4.78, 5) is 3.98. The zero-order chi connectivity index (χ0) is 7.84. The molecule has 0 bridgehead atoms. The maximum absolute atomic E-state index is 5.63. The summed E-state index contributed by atoms with van der Waals surface area (Å²) in [6, 6.07) is 3.57. The minimum absolute atomic E-state index is 0.361. The lowest BCUT2D eigenvalue weighted by molar-refractivity contribution is 0.605. The summed E-state index contributed by atoms with van der Waals surface area (Å²) in [6.45, 7) is 0. The van der Waals surface area contributed by atoms with Crippen LogP contribution in [0.1, 0.15) is 0 Å². The molecule has 4 heteroatoms. The molecule has 0 spiro atoms. The van der Waals surface area contributed by atoms with E-state index in [-0.39, 0.29) is 0 Å². The largest absolute Gasteiger partial charge is 0.426 e. The van der Waals surface area contributed by atoms with Gasteiger partial charge in [-0.1, -0.05) is 0 Å². The molecule has 0 fully saturated rings. The molecule has 0 atom stereocenters. The van der Waals surface area contributed by atoms with Crippen molar-refractivity contribution in [2.75, 3.05) is 0 Å². The minimum Gasteiger partial charge on any atom is -0.426 e. The van der Waals surface area contributed by atoms with Crippen LogP contribution >= 0.6 is 27.5 Å². The van der Waals surface area contributed by atoms with Crippen LogP contribution in [0.25, 0.3) is 11.1 Å². The third kappa shape index (κ3) is 1.14. The van der Waals surface area contributed by atoms with Gasteiger partial charge in [-0.3, -0.25) is 0 Å². The Kier molecular flexibility index (Phi) is 1.62. The fraction of sp³-hybridized carbons (Fsp3) is 0. The van der Waals surface area contributed by atoms with Crippen molar-refractivity contribution < 1.29 is 4.42 Å². The van der Waals surface area contributed by atoms with E-state index in [1.807, 2.05) is 6.07 Å².